The number of aromatic nitrogens is 3. The van der Waals surface area contributed by atoms with Crippen LogP contribution in [0.3, 0.4) is 0 Å². The number of alkyl halides is 1. The van der Waals surface area contributed by atoms with Crippen molar-refractivity contribution in [1.82, 2.24) is 19.7 Å². The highest BCUT2D eigenvalue weighted by Gasteiger charge is 2.26. The van der Waals surface area contributed by atoms with Gasteiger partial charge in [-0.3, -0.25) is 9.48 Å². The number of amides is 1. The zero-order valence-corrected chi connectivity index (χ0v) is 14.1. The molecule has 1 saturated heterocycles. The predicted molar refractivity (Wildman–Crippen MR) is 90.5 cm³/mol. The molecule has 23 heavy (non-hydrogen) atoms. The Labute approximate surface area is 140 Å². The van der Waals surface area contributed by atoms with Gasteiger partial charge in [0.25, 0.3) is 0 Å². The third-order valence-corrected chi connectivity index (χ3v) is 4.38. The molecule has 2 heterocycles. The molecule has 1 fully saturated rings. The highest BCUT2D eigenvalue weighted by Crippen LogP contribution is 2.23. The molecular formula is C16H20ClN5O. The number of anilines is 1. The van der Waals surface area contributed by atoms with Crippen molar-refractivity contribution in [1.29, 1.82) is 0 Å². The van der Waals surface area contributed by atoms with Crippen molar-refractivity contribution in [3.63, 3.8) is 0 Å². The van der Waals surface area contributed by atoms with Gasteiger partial charge in [0.05, 0.1) is 0 Å². The second kappa shape index (κ2) is 6.58. The Morgan fingerprint density at radius 1 is 1.30 bits per heavy atom. The number of aryl methyl sites for hydroxylation is 1. The Kier molecular flexibility index (Phi) is 4.52. The fourth-order valence-electron chi connectivity index (χ4n) is 2.93. The summed E-state index contributed by atoms with van der Waals surface area (Å²) < 4.78 is 1.69. The fourth-order valence-corrected chi connectivity index (χ4v) is 3.09. The number of hydrogen-bond donors (Lipinski definition) is 0. The molecule has 1 aliphatic heterocycles. The van der Waals surface area contributed by atoms with E-state index >= 15 is 0 Å². The quantitative estimate of drug-likeness (QED) is 0.803. The van der Waals surface area contributed by atoms with Gasteiger partial charge in [0, 0.05) is 44.0 Å². The molecule has 1 unspecified atom stereocenters. The van der Waals surface area contributed by atoms with E-state index in [9.17, 15) is 4.79 Å². The van der Waals surface area contributed by atoms with Crippen LogP contribution in [0.15, 0.2) is 30.6 Å². The molecule has 2 aromatic rings. The Bertz CT molecular complexity index is 684. The molecule has 1 aliphatic rings. The van der Waals surface area contributed by atoms with Gasteiger partial charge in [-0.25, -0.2) is 4.98 Å². The predicted octanol–water partition coefficient (Wildman–Crippen LogP) is 1.76. The molecule has 0 saturated carbocycles. The van der Waals surface area contributed by atoms with Crippen LogP contribution in [0.5, 0.6) is 0 Å². The van der Waals surface area contributed by atoms with Crippen LogP contribution in [0.25, 0.3) is 11.4 Å². The topological polar surface area (TPSA) is 54.3 Å². The number of hydrogen-bond acceptors (Lipinski definition) is 4. The number of carbonyl (C=O) groups excluding carboxylic acids is 1. The maximum atomic E-state index is 11.8. The summed E-state index contributed by atoms with van der Waals surface area (Å²) in [6, 6.07) is 8.39. The van der Waals surface area contributed by atoms with Crippen molar-refractivity contribution in [3.05, 3.63) is 30.6 Å². The van der Waals surface area contributed by atoms with Gasteiger partial charge in [-0.15, -0.1) is 11.6 Å². The maximum absolute atomic E-state index is 11.8. The Balaban J connectivity index is 1.70. The molecule has 3 rings (SSSR count). The van der Waals surface area contributed by atoms with Crippen LogP contribution in [0, 0.1) is 0 Å². The monoisotopic (exact) mass is 333 g/mol. The molecule has 122 valence electrons. The molecule has 0 spiro atoms. The molecular weight excluding hydrogens is 314 g/mol. The van der Waals surface area contributed by atoms with Crippen LogP contribution in [0.2, 0.25) is 0 Å². The number of nitrogens with zero attached hydrogens (tertiary/aromatic N) is 5. The second-order valence-corrected chi connectivity index (χ2v) is 6.07. The zero-order valence-electron chi connectivity index (χ0n) is 13.3. The average molecular weight is 334 g/mol. The molecule has 1 aromatic heterocycles. The largest absolute Gasteiger partial charge is 0.368 e. The van der Waals surface area contributed by atoms with E-state index in [-0.39, 0.29) is 17.8 Å². The lowest BCUT2D eigenvalue weighted by atomic mass is 10.1. The van der Waals surface area contributed by atoms with E-state index in [1.165, 1.54) is 0 Å². The molecule has 1 atom stereocenters. The lowest BCUT2D eigenvalue weighted by molar-refractivity contribution is -0.130. The summed E-state index contributed by atoms with van der Waals surface area (Å²) in [6.45, 7) is 4.39. The van der Waals surface area contributed by atoms with Gasteiger partial charge in [-0.1, -0.05) is 0 Å². The smallest absolute Gasteiger partial charge is 0.237 e. The number of carbonyl (C=O) groups is 1. The molecule has 1 amide bonds. The van der Waals surface area contributed by atoms with E-state index in [4.69, 9.17) is 11.6 Å². The summed E-state index contributed by atoms with van der Waals surface area (Å²) in [5.74, 6) is 0.788. The first-order chi connectivity index (χ1) is 11.1. The van der Waals surface area contributed by atoms with Gasteiger partial charge in [0.1, 0.15) is 12.2 Å². The molecule has 0 radical (unpaired) electrons. The van der Waals surface area contributed by atoms with E-state index in [2.05, 4.69) is 34.0 Å². The Morgan fingerprint density at radius 2 is 2.04 bits per heavy atom. The van der Waals surface area contributed by atoms with E-state index in [1.54, 1.807) is 11.0 Å². The number of halogens is 1. The van der Waals surface area contributed by atoms with Gasteiger partial charge in [0.2, 0.25) is 5.91 Å². The highest BCUT2D eigenvalue weighted by molar-refractivity contribution is 6.27. The Hall–Kier alpha value is -2.08. The van der Waals surface area contributed by atoms with E-state index < -0.39 is 0 Å². The molecule has 1 aromatic carbocycles. The zero-order chi connectivity index (χ0) is 16.4. The van der Waals surface area contributed by atoms with Gasteiger partial charge in [0.15, 0.2) is 5.82 Å². The van der Waals surface area contributed by atoms with E-state index in [0.717, 1.165) is 30.2 Å². The van der Waals surface area contributed by atoms with Crippen LogP contribution in [-0.2, 0) is 11.8 Å². The van der Waals surface area contributed by atoms with Crippen molar-refractivity contribution in [2.24, 2.45) is 7.05 Å². The van der Waals surface area contributed by atoms with Crippen molar-refractivity contribution in [2.45, 2.75) is 13.0 Å². The minimum absolute atomic E-state index is 0.00962. The highest BCUT2D eigenvalue weighted by atomic mass is 35.5. The first-order valence-electron chi connectivity index (χ1n) is 7.65. The van der Waals surface area contributed by atoms with E-state index in [0.29, 0.717) is 6.54 Å². The fraction of sp³-hybridized carbons (Fsp3) is 0.438. The first kappa shape index (κ1) is 15.8. The number of rotatable bonds is 3. The van der Waals surface area contributed by atoms with Gasteiger partial charge in [-0.2, -0.15) is 5.10 Å². The minimum Gasteiger partial charge on any atom is -0.368 e. The summed E-state index contributed by atoms with van der Waals surface area (Å²) >= 11 is 5.66. The van der Waals surface area contributed by atoms with Crippen LogP contribution in [-0.4, -0.2) is 57.1 Å². The minimum atomic E-state index is 0.00962. The SMILES string of the molecule is CC1CN(c2ccc(-c3ncn(C)n3)cc2)CCN1C(=O)CCl. The molecule has 0 bridgehead atoms. The summed E-state index contributed by atoms with van der Waals surface area (Å²) in [6.07, 6.45) is 1.69. The van der Waals surface area contributed by atoms with Gasteiger partial charge >= 0.3 is 0 Å². The maximum Gasteiger partial charge on any atom is 0.237 e. The summed E-state index contributed by atoms with van der Waals surface area (Å²) in [4.78, 5) is 20.2. The summed E-state index contributed by atoms with van der Waals surface area (Å²) in [5.41, 5.74) is 2.15. The van der Waals surface area contributed by atoms with Crippen LogP contribution in [0.4, 0.5) is 5.69 Å². The number of piperazine rings is 1. The van der Waals surface area contributed by atoms with Gasteiger partial charge < -0.3 is 9.80 Å². The normalized spacial score (nSPS) is 18.3. The third kappa shape index (κ3) is 3.32. The molecule has 0 aliphatic carbocycles. The van der Waals surface area contributed by atoms with E-state index in [1.807, 2.05) is 24.1 Å². The van der Waals surface area contributed by atoms with Gasteiger partial charge in [-0.05, 0) is 31.2 Å². The van der Waals surface area contributed by atoms with Crippen LogP contribution in [0.1, 0.15) is 6.92 Å². The van der Waals surface area contributed by atoms with Crippen molar-refractivity contribution in [2.75, 3.05) is 30.4 Å². The first-order valence-corrected chi connectivity index (χ1v) is 8.18. The van der Waals surface area contributed by atoms with Crippen molar-refractivity contribution >= 4 is 23.2 Å². The average Bonchev–Trinajstić information content (AvgIpc) is 3.00. The van der Waals surface area contributed by atoms with Crippen molar-refractivity contribution in [3.8, 4) is 11.4 Å². The second-order valence-electron chi connectivity index (χ2n) is 5.80. The molecule has 7 heteroatoms. The molecule has 0 N–H and O–H groups in total. The number of benzene rings is 1. The third-order valence-electron chi connectivity index (χ3n) is 4.15. The summed E-state index contributed by atoms with van der Waals surface area (Å²) in [5, 5.41) is 4.31. The van der Waals surface area contributed by atoms with Crippen LogP contribution >= 0.6 is 11.6 Å². The van der Waals surface area contributed by atoms with Crippen LogP contribution < -0.4 is 4.90 Å². The lowest BCUT2D eigenvalue weighted by Crippen LogP contribution is -2.54. The standard InChI is InChI=1S/C16H20ClN5O/c1-12-10-21(7-8-22(12)15(23)9-17)14-5-3-13(4-6-14)16-18-11-20(2)19-16/h3-6,11-12H,7-10H2,1-2H3. The van der Waals surface area contributed by atoms with Crippen molar-refractivity contribution < 1.29 is 4.79 Å². The Morgan fingerprint density at radius 3 is 2.61 bits per heavy atom. The summed E-state index contributed by atoms with van der Waals surface area (Å²) in [7, 11) is 1.86. The molecule has 6 nitrogen and oxygen atoms in total. The lowest BCUT2D eigenvalue weighted by Gasteiger charge is -2.40.